The minimum atomic E-state index is 0.224. The van der Waals surface area contributed by atoms with Crippen molar-refractivity contribution in [2.45, 2.75) is 25.8 Å². The summed E-state index contributed by atoms with van der Waals surface area (Å²) in [6, 6.07) is 18.4. The van der Waals surface area contributed by atoms with Crippen LogP contribution in [0.2, 0.25) is 0 Å². The molecule has 0 radical (unpaired) electrons. The van der Waals surface area contributed by atoms with Crippen LogP contribution in [0, 0.1) is 5.41 Å². The smallest absolute Gasteiger partial charge is 0.127 e. The van der Waals surface area contributed by atoms with Crippen LogP contribution in [-0.4, -0.2) is 6.04 Å². The second-order valence-corrected chi connectivity index (χ2v) is 5.81. The lowest BCUT2D eigenvalue weighted by molar-refractivity contribution is 0.482. The number of ether oxygens (including phenoxy) is 1. The summed E-state index contributed by atoms with van der Waals surface area (Å²) in [5.74, 6) is 2.19. The van der Waals surface area contributed by atoms with Crippen LogP contribution in [0.3, 0.4) is 0 Å². The number of hydrogen-bond acceptors (Lipinski definition) is 2. The Morgan fingerprint density at radius 1 is 0.895 bits per heavy atom. The van der Waals surface area contributed by atoms with Gasteiger partial charge < -0.3 is 10.5 Å². The molecule has 2 unspecified atom stereocenters. The Hall–Kier alpha value is -1.80. The maximum absolute atomic E-state index is 6.11. The molecule has 1 fully saturated rings. The molecular weight excluding hydrogens is 234 g/mol. The van der Waals surface area contributed by atoms with Crippen LogP contribution in [0.25, 0.3) is 0 Å². The van der Waals surface area contributed by atoms with Gasteiger partial charge in [-0.05, 0) is 35.2 Å². The van der Waals surface area contributed by atoms with Crippen LogP contribution in [0.4, 0.5) is 0 Å². The zero-order valence-corrected chi connectivity index (χ0v) is 11.3. The number of nitrogens with two attached hydrogens (primary N) is 1. The van der Waals surface area contributed by atoms with Crippen molar-refractivity contribution < 1.29 is 4.74 Å². The molecule has 3 rings (SSSR count). The Labute approximate surface area is 114 Å². The quantitative estimate of drug-likeness (QED) is 0.899. The van der Waals surface area contributed by atoms with Crippen LogP contribution in [0.15, 0.2) is 54.6 Å². The molecule has 2 heteroatoms. The summed E-state index contributed by atoms with van der Waals surface area (Å²) in [7, 11) is 0. The van der Waals surface area contributed by atoms with Gasteiger partial charge in [-0.25, -0.2) is 0 Å². The molecule has 19 heavy (non-hydrogen) atoms. The predicted molar refractivity (Wildman–Crippen MR) is 77.5 cm³/mol. The molecule has 2 nitrogen and oxygen atoms in total. The van der Waals surface area contributed by atoms with Gasteiger partial charge in [-0.2, -0.15) is 0 Å². The standard InChI is InChI=1S/C17H19NO/c1-17(2)15(16(17)18)12-8-10-14(11-9-12)19-13-6-4-3-5-7-13/h3-11,15-16H,18H2,1-2H3. The van der Waals surface area contributed by atoms with Crippen LogP contribution in [0.5, 0.6) is 11.5 Å². The van der Waals surface area contributed by atoms with Crippen LogP contribution in [0.1, 0.15) is 25.3 Å². The third-order valence-corrected chi connectivity index (χ3v) is 4.13. The molecule has 0 spiro atoms. The number of benzene rings is 2. The topological polar surface area (TPSA) is 35.2 Å². The maximum Gasteiger partial charge on any atom is 0.127 e. The van der Waals surface area contributed by atoms with Crippen LogP contribution < -0.4 is 10.5 Å². The minimum Gasteiger partial charge on any atom is -0.457 e. The highest BCUT2D eigenvalue weighted by atomic mass is 16.5. The van der Waals surface area contributed by atoms with Gasteiger partial charge in [0.05, 0.1) is 0 Å². The molecular formula is C17H19NO. The summed E-state index contributed by atoms with van der Waals surface area (Å²) in [5, 5.41) is 0. The van der Waals surface area contributed by atoms with E-state index in [9.17, 15) is 0 Å². The van der Waals surface area contributed by atoms with Gasteiger partial charge >= 0.3 is 0 Å². The Balaban J connectivity index is 1.74. The molecule has 0 aliphatic heterocycles. The monoisotopic (exact) mass is 253 g/mol. The molecule has 0 heterocycles. The van der Waals surface area contributed by atoms with E-state index in [1.54, 1.807) is 0 Å². The third kappa shape index (κ3) is 2.24. The molecule has 2 aromatic carbocycles. The zero-order chi connectivity index (χ0) is 13.5. The van der Waals surface area contributed by atoms with Gasteiger partial charge in [0.15, 0.2) is 0 Å². The molecule has 2 N–H and O–H groups in total. The SMILES string of the molecule is CC1(C)C(N)C1c1ccc(Oc2ccccc2)cc1. The van der Waals surface area contributed by atoms with Crippen molar-refractivity contribution in [3.05, 3.63) is 60.2 Å². The average Bonchev–Trinajstić information content (AvgIpc) is 2.91. The summed E-state index contributed by atoms with van der Waals surface area (Å²) in [6.45, 7) is 4.44. The first-order chi connectivity index (χ1) is 9.09. The first kappa shape index (κ1) is 12.2. The summed E-state index contributed by atoms with van der Waals surface area (Å²) < 4.78 is 5.78. The van der Waals surface area contributed by atoms with Crippen molar-refractivity contribution in [1.82, 2.24) is 0 Å². The normalized spacial score (nSPS) is 23.9. The fraction of sp³-hybridized carbons (Fsp3) is 0.294. The van der Waals surface area contributed by atoms with E-state index in [0.717, 1.165) is 11.5 Å². The van der Waals surface area contributed by atoms with Crippen molar-refractivity contribution >= 4 is 0 Å². The lowest BCUT2D eigenvalue weighted by Gasteiger charge is -2.07. The predicted octanol–water partition coefficient (Wildman–Crippen LogP) is 3.93. The Morgan fingerprint density at radius 3 is 1.95 bits per heavy atom. The van der Waals surface area contributed by atoms with Crippen molar-refractivity contribution in [2.75, 3.05) is 0 Å². The molecule has 2 atom stereocenters. The average molecular weight is 253 g/mol. The van der Waals surface area contributed by atoms with Gasteiger partial charge in [0.2, 0.25) is 0 Å². The fourth-order valence-corrected chi connectivity index (χ4v) is 2.68. The first-order valence-corrected chi connectivity index (χ1v) is 6.67. The van der Waals surface area contributed by atoms with Gasteiger partial charge in [-0.1, -0.05) is 44.2 Å². The number of rotatable bonds is 3. The van der Waals surface area contributed by atoms with Crippen LogP contribution >= 0.6 is 0 Å². The molecule has 1 aliphatic carbocycles. The van der Waals surface area contributed by atoms with Crippen molar-refractivity contribution in [3.63, 3.8) is 0 Å². The van der Waals surface area contributed by atoms with E-state index < -0.39 is 0 Å². The van der Waals surface area contributed by atoms with E-state index in [2.05, 4.69) is 26.0 Å². The Bertz CT molecular complexity index is 560. The molecule has 0 amide bonds. The van der Waals surface area contributed by atoms with E-state index in [1.807, 2.05) is 42.5 Å². The van der Waals surface area contributed by atoms with Crippen molar-refractivity contribution in [3.8, 4) is 11.5 Å². The molecule has 2 aromatic rings. The van der Waals surface area contributed by atoms with E-state index in [1.165, 1.54) is 5.56 Å². The van der Waals surface area contributed by atoms with E-state index in [4.69, 9.17) is 10.5 Å². The fourth-order valence-electron chi connectivity index (χ4n) is 2.68. The molecule has 1 saturated carbocycles. The second kappa shape index (κ2) is 4.39. The lowest BCUT2D eigenvalue weighted by Crippen LogP contribution is -2.06. The molecule has 0 aromatic heterocycles. The molecule has 98 valence electrons. The second-order valence-electron chi connectivity index (χ2n) is 5.81. The summed E-state index contributed by atoms with van der Waals surface area (Å²) >= 11 is 0. The summed E-state index contributed by atoms with van der Waals surface area (Å²) in [5.41, 5.74) is 7.63. The largest absolute Gasteiger partial charge is 0.457 e. The lowest BCUT2D eigenvalue weighted by atomic mass is 10.0. The van der Waals surface area contributed by atoms with Gasteiger partial charge in [-0.3, -0.25) is 0 Å². The highest BCUT2D eigenvalue weighted by Crippen LogP contribution is 2.57. The van der Waals surface area contributed by atoms with Crippen molar-refractivity contribution in [1.29, 1.82) is 0 Å². The van der Waals surface area contributed by atoms with E-state index >= 15 is 0 Å². The van der Waals surface area contributed by atoms with Crippen LogP contribution in [-0.2, 0) is 0 Å². The van der Waals surface area contributed by atoms with Crippen molar-refractivity contribution in [2.24, 2.45) is 11.1 Å². The summed E-state index contributed by atoms with van der Waals surface area (Å²) in [4.78, 5) is 0. The highest BCUT2D eigenvalue weighted by Gasteiger charge is 2.55. The van der Waals surface area contributed by atoms with Gasteiger partial charge in [0, 0.05) is 12.0 Å². The first-order valence-electron chi connectivity index (χ1n) is 6.67. The van der Waals surface area contributed by atoms with E-state index in [-0.39, 0.29) is 11.5 Å². The third-order valence-electron chi connectivity index (χ3n) is 4.13. The maximum atomic E-state index is 6.11. The van der Waals surface area contributed by atoms with Gasteiger partial charge in [-0.15, -0.1) is 0 Å². The number of para-hydroxylation sites is 1. The Morgan fingerprint density at radius 2 is 1.42 bits per heavy atom. The van der Waals surface area contributed by atoms with Gasteiger partial charge in [0.1, 0.15) is 11.5 Å². The molecule has 0 bridgehead atoms. The minimum absolute atomic E-state index is 0.224. The highest BCUT2D eigenvalue weighted by molar-refractivity contribution is 5.39. The summed E-state index contributed by atoms with van der Waals surface area (Å²) in [6.07, 6.45) is 0. The van der Waals surface area contributed by atoms with E-state index in [0.29, 0.717) is 5.92 Å². The molecule has 0 saturated heterocycles. The Kier molecular flexibility index (Phi) is 2.83. The van der Waals surface area contributed by atoms with Gasteiger partial charge in [0.25, 0.3) is 0 Å². The number of hydrogen-bond donors (Lipinski definition) is 1. The molecule has 1 aliphatic rings. The zero-order valence-electron chi connectivity index (χ0n) is 11.3.